The molecule has 3 rings (SSSR count). The summed E-state index contributed by atoms with van der Waals surface area (Å²) >= 11 is 0. The molecule has 4 nitrogen and oxygen atoms in total. The van der Waals surface area contributed by atoms with Gasteiger partial charge >= 0.3 is 0 Å². The van der Waals surface area contributed by atoms with E-state index >= 15 is 0 Å². The lowest BCUT2D eigenvalue weighted by Gasteiger charge is -2.29. The number of likely N-dealkylation sites (N-methyl/N-ethyl adjacent to an activating group) is 1. The van der Waals surface area contributed by atoms with E-state index in [1.54, 1.807) is 11.9 Å². The average molecular weight is 311 g/mol. The molecular formula is C19H21NO3. The van der Waals surface area contributed by atoms with Crippen LogP contribution in [0.1, 0.15) is 21.5 Å². The minimum atomic E-state index is -0.163. The second-order valence-electron chi connectivity index (χ2n) is 6.00. The van der Waals surface area contributed by atoms with E-state index in [0.717, 1.165) is 28.2 Å². The van der Waals surface area contributed by atoms with Crippen molar-refractivity contribution in [1.29, 1.82) is 0 Å². The Morgan fingerprint density at radius 3 is 2.70 bits per heavy atom. The smallest absolute Gasteiger partial charge is 0.254 e. The van der Waals surface area contributed by atoms with Crippen molar-refractivity contribution in [2.24, 2.45) is 0 Å². The molecule has 0 bridgehead atoms. The molecule has 1 aliphatic rings. The predicted octanol–water partition coefficient (Wildman–Crippen LogP) is 3.22. The van der Waals surface area contributed by atoms with Crippen LogP contribution in [0.25, 0.3) is 0 Å². The first-order valence-corrected chi connectivity index (χ1v) is 7.76. The van der Waals surface area contributed by atoms with Crippen molar-refractivity contribution in [1.82, 2.24) is 4.90 Å². The highest BCUT2D eigenvalue weighted by molar-refractivity contribution is 5.95. The average Bonchev–Trinajstić information content (AvgIpc) is 2.56. The highest BCUT2D eigenvalue weighted by Gasteiger charge is 2.24. The van der Waals surface area contributed by atoms with E-state index in [1.807, 2.05) is 56.3 Å². The highest BCUT2D eigenvalue weighted by atomic mass is 16.6. The van der Waals surface area contributed by atoms with Gasteiger partial charge in [0.2, 0.25) is 0 Å². The number of nitrogens with zero attached hydrogens (tertiary/aromatic N) is 1. The van der Waals surface area contributed by atoms with Gasteiger partial charge in [-0.3, -0.25) is 4.79 Å². The summed E-state index contributed by atoms with van der Waals surface area (Å²) in [5.74, 6) is 1.50. The number of para-hydroxylation sites is 2. The topological polar surface area (TPSA) is 38.8 Å². The van der Waals surface area contributed by atoms with Gasteiger partial charge in [-0.1, -0.05) is 29.8 Å². The lowest BCUT2D eigenvalue weighted by molar-refractivity contribution is 0.0520. The monoisotopic (exact) mass is 311 g/mol. The molecule has 0 saturated heterocycles. The van der Waals surface area contributed by atoms with Crippen LogP contribution >= 0.6 is 0 Å². The quantitative estimate of drug-likeness (QED) is 0.873. The molecular weight excluding hydrogens is 290 g/mol. The zero-order chi connectivity index (χ0) is 16.4. The van der Waals surface area contributed by atoms with Crippen LogP contribution < -0.4 is 9.47 Å². The Hall–Kier alpha value is -2.49. The van der Waals surface area contributed by atoms with Crippen LogP contribution in [-0.2, 0) is 0 Å². The normalized spacial score (nSPS) is 16.0. The maximum atomic E-state index is 12.7. The first kappa shape index (κ1) is 15.4. The SMILES string of the molecule is Cc1ccc(C)c(C(=O)N(C)C[C@H]2COc3ccccc3O2)c1. The Labute approximate surface area is 136 Å². The molecule has 0 aliphatic carbocycles. The third kappa shape index (κ3) is 3.31. The van der Waals surface area contributed by atoms with E-state index in [1.165, 1.54) is 0 Å². The lowest BCUT2D eigenvalue weighted by Crippen LogP contribution is -2.42. The zero-order valence-corrected chi connectivity index (χ0v) is 13.7. The summed E-state index contributed by atoms with van der Waals surface area (Å²) in [7, 11) is 1.80. The molecule has 23 heavy (non-hydrogen) atoms. The molecule has 0 aromatic heterocycles. The standard InChI is InChI=1S/C19H21NO3/c1-13-8-9-14(2)16(10-13)19(21)20(3)11-15-12-22-17-6-4-5-7-18(17)23-15/h4-10,15H,11-12H2,1-3H3/t15-/m0/s1. The van der Waals surface area contributed by atoms with Gasteiger partial charge in [0.25, 0.3) is 5.91 Å². The third-order valence-corrected chi connectivity index (χ3v) is 4.02. The number of aryl methyl sites for hydroxylation is 2. The molecule has 0 N–H and O–H groups in total. The minimum Gasteiger partial charge on any atom is -0.486 e. The van der Waals surface area contributed by atoms with Crippen LogP contribution in [0.4, 0.5) is 0 Å². The van der Waals surface area contributed by atoms with Gasteiger partial charge < -0.3 is 14.4 Å². The van der Waals surface area contributed by atoms with Gasteiger partial charge in [0.1, 0.15) is 6.61 Å². The molecule has 2 aromatic carbocycles. The third-order valence-electron chi connectivity index (χ3n) is 4.02. The molecule has 1 atom stereocenters. The van der Waals surface area contributed by atoms with Crippen LogP contribution in [0.3, 0.4) is 0 Å². The Morgan fingerprint density at radius 1 is 1.17 bits per heavy atom. The van der Waals surface area contributed by atoms with Gasteiger partial charge in [-0.2, -0.15) is 0 Å². The Bertz CT molecular complexity index is 726. The van der Waals surface area contributed by atoms with Crippen LogP contribution in [0, 0.1) is 13.8 Å². The van der Waals surface area contributed by atoms with E-state index in [0.29, 0.717) is 13.2 Å². The molecule has 0 saturated carbocycles. The molecule has 0 radical (unpaired) electrons. The fourth-order valence-corrected chi connectivity index (χ4v) is 2.71. The summed E-state index contributed by atoms with van der Waals surface area (Å²) in [6.07, 6.45) is -0.163. The number of ether oxygens (including phenoxy) is 2. The molecule has 0 fully saturated rings. The minimum absolute atomic E-state index is 0.00802. The van der Waals surface area contributed by atoms with E-state index in [-0.39, 0.29) is 12.0 Å². The molecule has 2 aromatic rings. The van der Waals surface area contributed by atoms with E-state index in [4.69, 9.17) is 9.47 Å². The van der Waals surface area contributed by atoms with E-state index in [9.17, 15) is 4.79 Å². The van der Waals surface area contributed by atoms with E-state index in [2.05, 4.69) is 0 Å². The maximum absolute atomic E-state index is 12.7. The summed E-state index contributed by atoms with van der Waals surface area (Å²) in [5, 5.41) is 0. The van der Waals surface area contributed by atoms with Crippen molar-refractivity contribution in [2.75, 3.05) is 20.2 Å². The Morgan fingerprint density at radius 2 is 1.91 bits per heavy atom. The first-order valence-electron chi connectivity index (χ1n) is 7.76. The lowest BCUT2D eigenvalue weighted by atomic mass is 10.0. The number of carbonyl (C=O) groups is 1. The number of hydrogen-bond donors (Lipinski definition) is 0. The molecule has 1 amide bonds. The number of hydrogen-bond acceptors (Lipinski definition) is 3. The first-order chi connectivity index (χ1) is 11.0. The second-order valence-corrected chi connectivity index (χ2v) is 6.00. The van der Waals surface area contributed by atoms with Gasteiger partial charge in [0.05, 0.1) is 6.54 Å². The number of fused-ring (bicyclic) bond motifs is 1. The molecule has 0 unspecified atom stereocenters. The van der Waals surface area contributed by atoms with Crippen LogP contribution in [0.5, 0.6) is 11.5 Å². The molecule has 1 heterocycles. The van der Waals surface area contributed by atoms with Crippen molar-refractivity contribution < 1.29 is 14.3 Å². The van der Waals surface area contributed by atoms with Crippen molar-refractivity contribution >= 4 is 5.91 Å². The number of carbonyl (C=O) groups excluding carboxylic acids is 1. The number of rotatable bonds is 3. The van der Waals surface area contributed by atoms with Crippen LogP contribution in [0.15, 0.2) is 42.5 Å². The van der Waals surface area contributed by atoms with Crippen LogP contribution in [0.2, 0.25) is 0 Å². The molecule has 0 spiro atoms. The largest absolute Gasteiger partial charge is 0.486 e. The zero-order valence-electron chi connectivity index (χ0n) is 13.7. The fourth-order valence-electron chi connectivity index (χ4n) is 2.71. The summed E-state index contributed by atoms with van der Waals surface area (Å²) in [6, 6.07) is 13.5. The summed E-state index contributed by atoms with van der Waals surface area (Å²) < 4.78 is 11.6. The van der Waals surface area contributed by atoms with Crippen molar-refractivity contribution in [3.63, 3.8) is 0 Å². The summed E-state index contributed by atoms with van der Waals surface area (Å²) in [6.45, 7) is 4.88. The van der Waals surface area contributed by atoms with Gasteiger partial charge in [-0.15, -0.1) is 0 Å². The van der Waals surface area contributed by atoms with Crippen LogP contribution in [-0.4, -0.2) is 37.1 Å². The van der Waals surface area contributed by atoms with Crippen molar-refractivity contribution in [2.45, 2.75) is 20.0 Å². The molecule has 1 aliphatic heterocycles. The Balaban J connectivity index is 1.69. The molecule has 120 valence electrons. The van der Waals surface area contributed by atoms with Crippen molar-refractivity contribution in [3.05, 3.63) is 59.2 Å². The summed E-state index contributed by atoms with van der Waals surface area (Å²) in [5.41, 5.74) is 2.81. The van der Waals surface area contributed by atoms with Gasteiger partial charge in [-0.25, -0.2) is 0 Å². The summed E-state index contributed by atoms with van der Waals surface area (Å²) in [4.78, 5) is 14.4. The number of amides is 1. The predicted molar refractivity (Wildman–Crippen MR) is 89.2 cm³/mol. The highest BCUT2D eigenvalue weighted by Crippen LogP contribution is 2.31. The van der Waals surface area contributed by atoms with E-state index < -0.39 is 0 Å². The Kier molecular flexibility index (Phi) is 4.24. The maximum Gasteiger partial charge on any atom is 0.254 e. The second kappa shape index (κ2) is 6.32. The number of benzene rings is 2. The van der Waals surface area contributed by atoms with Crippen molar-refractivity contribution in [3.8, 4) is 11.5 Å². The van der Waals surface area contributed by atoms with Gasteiger partial charge in [-0.05, 0) is 37.6 Å². The molecule has 4 heteroatoms. The fraction of sp³-hybridized carbons (Fsp3) is 0.316. The van der Waals surface area contributed by atoms with Gasteiger partial charge in [0.15, 0.2) is 17.6 Å². The van der Waals surface area contributed by atoms with Gasteiger partial charge in [0, 0.05) is 12.6 Å².